The normalized spacial score (nSPS) is 36.5. The molecule has 5 rings (SSSR count). The predicted octanol–water partition coefficient (Wildman–Crippen LogP) is 3.01. The van der Waals surface area contributed by atoms with Gasteiger partial charge in [-0.15, -0.1) is 0 Å². The van der Waals surface area contributed by atoms with Gasteiger partial charge in [-0.1, -0.05) is 18.2 Å². The van der Waals surface area contributed by atoms with Crippen molar-refractivity contribution in [2.45, 2.75) is 38.1 Å². The molecule has 3 heteroatoms. The standard InChI is InChI=1S/C18H23NO2/c20-17(11-21-16-4-2-1-3-5-16)19-18-14-7-12-6-13(9-14)10-15(18)8-12/h1-5,12-15,18H,6-11H2,(H,19,20). The zero-order valence-electron chi connectivity index (χ0n) is 12.3. The Bertz CT molecular complexity index is 485. The Morgan fingerprint density at radius 1 is 1.00 bits per heavy atom. The van der Waals surface area contributed by atoms with Crippen molar-refractivity contribution >= 4 is 5.91 Å². The Balaban J connectivity index is 1.33. The van der Waals surface area contributed by atoms with Crippen LogP contribution >= 0.6 is 0 Å². The number of para-hydroxylation sites is 1. The summed E-state index contributed by atoms with van der Waals surface area (Å²) in [6.45, 7) is 0.132. The topological polar surface area (TPSA) is 38.3 Å². The molecular weight excluding hydrogens is 262 g/mol. The van der Waals surface area contributed by atoms with Crippen LogP contribution in [0.25, 0.3) is 0 Å². The molecule has 0 heterocycles. The molecule has 4 saturated carbocycles. The number of ether oxygens (including phenoxy) is 1. The van der Waals surface area contributed by atoms with E-state index in [4.69, 9.17) is 4.74 Å². The maximum atomic E-state index is 12.2. The van der Waals surface area contributed by atoms with Crippen LogP contribution in [0.5, 0.6) is 5.75 Å². The molecule has 3 nitrogen and oxygen atoms in total. The molecule has 1 aromatic rings. The molecule has 0 radical (unpaired) electrons. The van der Waals surface area contributed by atoms with Gasteiger partial charge in [0.15, 0.2) is 6.61 Å². The SMILES string of the molecule is O=C(COc1ccccc1)NC1C2CC3CC(C2)CC1C3. The van der Waals surface area contributed by atoms with Gasteiger partial charge < -0.3 is 10.1 Å². The largest absolute Gasteiger partial charge is 0.484 e. The number of carbonyl (C=O) groups is 1. The lowest BCUT2D eigenvalue weighted by Gasteiger charge is -2.54. The quantitative estimate of drug-likeness (QED) is 0.923. The van der Waals surface area contributed by atoms with Crippen LogP contribution < -0.4 is 10.1 Å². The zero-order valence-corrected chi connectivity index (χ0v) is 12.3. The van der Waals surface area contributed by atoms with Gasteiger partial charge in [0, 0.05) is 6.04 Å². The molecule has 0 atom stereocenters. The fourth-order valence-electron chi connectivity index (χ4n) is 5.05. The maximum Gasteiger partial charge on any atom is 0.258 e. The van der Waals surface area contributed by atoms with Gasteiger partial charge in [-0.05, 0) is 67.9 Å². The summed E-state index contributed by atoms with van der Waals surface area (Å²) in [6.07, 6.45) is 6.77. The first kappa shape index (κ1) is 13.2. The van der Waals surface area contributed by atoms with Crippen LogP contribution in [-0.4, -0.2) is 18.6 Å². The number of amides is 1. The van der Waals surface area contributed by atoms with E-state index >= 15 is 0 Å². The van der Waals surface area contributed by atoms with Crippen molar-refractivity contribution < 1.29 is 9.53 Å². The lowest BCUT2D eigenvalue weighted by atomic mass is 9.54. The first-order chi connectivity index (χ1) is 10.3. The number of carbonyl (C=O) groups excluding carboxylic acids is 1. The van der Waals surface area contributed by atoms with Crippen LogP contribution in [0.1, 0.15) is 32.1 Å². The first-order valence-electron chi connectivity index (χ1n) is 8.25. The van der Waals surface area contributed by atoms with Gasteiger partial charge in [-0.3, -0.25) is 4.79 Å². The maximum absolute atomic E-state index is 12.2. The predicted molar refractivity (Wildman–Crippen MR) is 80.9 cm³/mol. The monoisotopic (exact) mass is 285 g/mol. The van der Waals surface area contributed by atoms with Crippen molar-refractivity contribution in [2.24, 2.45) is 23.7 Å². The second-order valence-corrected chi connectivity index (χ2v) is 7.13. The molecule has 0 saturated heterocycles. The summed E-state index contributed by atoms with van der Waals surface area (Å²) in [5.74, 6) is 4.14. The lowest BCUT2D eigenvalue weighted by Crippen LogP contribution is -2.56. The van der Waals surface area contributed by atoms with Crippen molar-refractivity contribution in [3.8, 4) is 5.75 Å². The van der Waals surface area contributed by atoms with E-state index in [9.17, 15) is 4.79 Å². The smallest absolute Gasteiger partial charge is 0.258 e. The van der Waals surface area contributed by atoms with E-state index in [1.54, 1.807) is 0 Å². The number of rotatable bonds is 4. The van der Waals surface area contributed by atoms with Gasteiger partial charge in [0.2, 0.25) is 0 Å². The summed E-state index contributed by atoms with van der Waals surface area (Å²) in [4.78, 5) is 12.2. The summed E-state index contributed by atoms with van der Waals surface area (Å²) < 4.78 is 5.55. The third-order valence-electron chi connectivity index (χ3n) is 5.67. The molecule has 1 amide bonds. The summed E-state index contributed by atoms with van der Waals surface area (Å²) in [7, 11) is 0. The van der Waals surface area contributed by atoms with Gasteiger partial charge in [0.05, 0.1) is 0 Å². The van der Waals surface area contributed by atoms with Gasteiger partial charge in [-0.2, -0.15) is 0 Å². The van der Waals surface area contributed by atoms with Crippen molar-refractivity contribution in [2.75, 3.05) is 6.61 Å². The molecule has 4 bridgehead atoms. The average molecular weight is 285 g/mol. The van der Waals surface area contributed by atoms with Crippen LogP contribution in [0, 0.1) is 23.7 Å². The highest BCUT2D eigenvalue weighted by Gasteiger charge is 2.48. The van der Waals surface area contributed by atoms with Crippen LogP contribution in [0.4, 0.5) is 0 Å². The Labute approximate surface area is 126 Å². The van der Waals surface area contributed by atoms with E-state index in [1.807, 2.05) is 30.3 Å². The third kappa shape index (κ3) is 2.66. The first-order valence-corrected chi connectivity index (χ1v) is 8.25. The van der Waals surface area contributed by atoms with Crippen LogP contribution in [0.3, 0.4) is 0 Å². The minimum absolute atomic E-state index is 0.0383. The number of hydrogen-bond donors (Lipinski definition) is 1. The highest BCUT2D eigenvalue weighted by molar-refractivity contribution is 5.78. The second kappa shape index (κ2) is 5.36. The third-order valence-corrected chi connectivity index (χ3v) is 5.67. The number of hydrogen-bond acceptors (Lipinski definition) is 2. The van der Waals surface area contributed by atoms with Crippen LogP contribution in [0.2, 0.25) is 0 Å². The molecule has 4 aliphatic carbocycles. The number of benzene rings is 1. The van der Waals surface area contributed by atoms with E-state index in [1.165, 1.54) is 32.1 Å². The summed E-state index contributed by atoms with van der Waals surface area (Å²) in [6, 6.07) is 9.97. The minimum Gasteiger partial charge on any atom is -0.484 e. The van der Waals surface area contributed by atoms with Crippen molar-refractivity contribution in [1.29, 1.82) is 0 Å². The van der Waals surface area contributed by atoms with Crippen LogP contribution in [0.15, 0.2) is 30.3 Å². The summed E-state index contributed by atoms with van der Waals surface area (Å²) >= 11 is 0. The molecule has 0 aromatic heterocycles. The lowest BCUT2D eigenvalue weighted by molar-refractivity contribution is -0.127. The molecular formula is C18H23NO2. The molecule has 0 spiro atoms. The van der Waals surface area contributed by atoms with Crippen molar-refractivity contribution in [1.82, 2.24) is 5.32 Å². The van der Waals surface area contributed by atoms with Crippen molar-refractivity contribution in [3.05, 3.63) is 30.3 Å². The zero-order chi connectivity index (χ0) is 14.2. The highest BCUT2D eigenvalue weighted by Crippen LogP contribution is 2.53. The van der Waals surface area contributed by atoms with Gasteiger partial charge in [-0.25, -0.2) is 0 Å². The Morgan fingerprint density at radius 3 is 2.24 bits per heavy atom. The van der Waals surface area contributed by atoms with Crippen molar-refractivity contribution in [3.63, 3.8) is 0 Å². The molecule has 112 valence electrons. The Hall–Kier alpha value is -1.51. The van der Waals surface area contributed by atoms with Gasteiger partial charge in [0.1, 0.15) is 5.75 Å². The highest BCUT2D eigenvalue weighted by atomic mass is 16.5. The van der Waals surface area contributed by atoms with Gasteiger partial charge in [0.25, 0.3) is 5.91 Å². The molecule has 0 unspecified atom stereocenters. The molecule has 4 aliphatic rings. The van der Waals surface area contributed by atoms with E-state index in [0.717, 1.165) is 29.4 Å². The Morgan fingerprint density at radius 2 is 1.62 bits per heavy atom. The molecule has 0 aliphatic heterocycles. The van der Waals surface area contributed by atoms with Gasteiger partial charge >= 0.3 is 0 Å². The fraction of sp³-hybridized carbons (Fsp3) is 0.611. The minimum atomic E-state index is 0.0383. The van der Waals surface area contributed by atoms with Crippen LogP contribution in [-0.2, 0) is 4.79 Å². The molecule has 21 heavy (non-hydrogen) atoms. The van der Waals surface area contributed by atoms with E-state index in [0.29, 0.717) is 6.04 Å². The second-order valence-electron chi connectivity index (χ2n) is 7.13. The molecule has 4 fully saturated rings. The van der Waals surface area contributed by atoms with E-state index in [2.05, 4.69) is 5.32 Å². The average Bonchev–Trinajstić information content (AvgIpc) is 2.49. The summed E-state index contributed by atoms with van der Waals surface area (Å²) in [5.41, 5.74) is 0. The molecule has 1 aromatic carbocycles. The Kier molecular flexibility index (Phi) is 3.36. The number of nitrogens with one attached hydrogen (secondary N) is 1. The summed E-state index contributed by atoms with van der Waals surface area (Å²) in [5, 5.41) is 3.27. The van der Waals surface area contributed by atoms with E-state index < -0.39 is 0 Å². The molecule has 1 N–H and O–H groups in total. The van der Waals surface area contributed by atoms with E-state index in [-0.39, 0.29) is 12.5 Å². The fourth-order valence-corrected chi connectivity index (χ4v) is 5.05.